The van der Waals surface area contributed by atoms with Gasteiger partial charge in [-0.25, -0.2) is 0 Å². The molecule has 1 saturated heterocycles. The van der Waals surface area contributed by atoms with Gasteiger partial charge in [0.25, 0.3) is 0 Å². The van der Waals surface area contributed by atoms with E-state index in [0.29, 0.717) is 29.2 Å². The quantitative estimate of drug-likeness (QED) is 0.683. The van der Waals surface area contributed by atoms with Gasteiger partial charge in [-0.3, -0.25) is 4.79 Å². The smallest absolute Gasteiger partial charge is 0.222 e. The molecule has 0 aromatic heterocycles. The molecule has 1 amide bonds. The molecular weight excluding hydrogens is 270 g/mol. The van der Waals surface area contributed by atoms with E-state index in [4.69, 9.17) is 0 Å². The second-order valence-electron chi connectivity index (χ2n) is 8.77. The molecule has 22 heavy (non-hydrogen) atoms. The van der Waals surface area contributed by atoms with Crippen LogP contribution in [0.15, 0.2) is 12.2 Å². The Bertz CT molecular complexity index is 480. The van der Waals surface area contributed by atoms with E-state index in [2.05, 4.69) is 32.3 Å². The fourth-order valence-corrected chi connectivity index (χ4v) is 5.82. The van der Waals surface area contributed by atoms with Gasteiger partial charge in [-0.15, -0.1) is 0 Å². The SMILES string of the molecule is C=C(CC1CC2CCC1(C)C2(C)C)[C@@H]1CCCN1C(=O)CC. The number of nitrogens with zero attached hydrogens (tertiary/aromatic N) is 1. The molecule has 1 heterocycles. The molecule has 0 radical (unpaired) electrons. The third kappa shape index (κ3) is 2.17. The molecule has 0 N–H and O–H groups in total. The van der Waals surface area contributed by atoms with Crippen LogP contribution in [0.4, 0.5) is 0 Å². The number of hydrogen-bond acceptors (Lipinski definition) is 1. The van der Waals surface area contributed by atoms with Gasteiger partial charge in [0.1, 0.15) is 0 Å². The monoisotopic (exact) mass is 303 g/mol. The molecule has 2 bridgehead atoms. The van der Waals surface area contributed by atoms with Crippen LogP contribution in [0, 0.1) is 22.7 Å². The van der Waals surface area contributed by atoms with Crippen molar-refractivity contribution in [2.24, 2.45) is 22.7 Å². The van der Waals surface area contributed by atoms with E-state index in [1.807, 2.05) is 6.92 Å². The zero-order valence-corrected chi connectivity index (χ0v) is 15.0. The number of hydrogen-bond donors (Lipinski definition) is 0. The maximum Gasteiger partial charge on any atom is 0.222 e. The topological polar surface area (TPSA) is 20.3 Å². The van der Waals surface area contributed by atoms with Crippen molar-refractivity contribution in [2.75, 3.05) is 6.54 Å². The maximum atomic E-state index is 12.1. The van der Waals surface area contributed by atoms with Crippen LogP contribution < -0.4 is 0 Å². The summed E-state index contributed by atoms with van der Waals surface area (Å²) in [6.45, 7) is 14.8. The van der Waals surface area contributed by atoms with Crippen LogP contribution in [0.1, 0.15) is 72.6 Å². The first kappa shape index (κ1) is 16.1. The van der Waals surface area contributed by atoms with Crippen LogP contribution in [0.5, 0.6) is 0 Å². The molecule has 4 atom stereocenters. The normalized spacial score (nSPS) is 39.5. The van der Waals surface area contributed by atoms with Crippen molar-refractivity contribution < 1.29 is 4.79 Å². The van der Waals surface area contributed by atoms with Gasteiger partial charge in [0, 0.05) is 13.0 Å². The van der Waals surface area contributed by atoms with Gasteiger partial charge < -0.3 is 4.90 Å². The predicted octanol–water partition coefficient (Wildman–Crippen LogP) is 4.80. The van der Waals surface area contributed by atoms with Crippen LogP contribution in [0.2, 0.25) is 0 Å². The van der Waals surface area contributed by atoms with Crippen molar-refractivity contribution >= 4 is 5.91 Å². The summed E-state index contributed by atoms with van der Waals surface area (Å²) in [7, 11) is 0. The molecule has 2 nitrogen and oxygen atoms in total. The average molecular weight is 303 g/mol. The Hall–Kier alpha value is -0.790. The van der Waals surface area contributed by atoms with Crippen LogP contribution in [0.3, 0.4) is 0 Å². The molecule has 0 aromatic rings. The minimum atomic E-state index is 0.308. The van der Waals surface area contributed by atoms with E-state index >= 15 is 0 Å². The highest BCUT2D eigenvalue weighted by Gasteiger charge is 2.60. The molecular formula is C20H33NO. The number of likely N-dealkylation sites (tertiary alicyclic amines) is 1. The van der Waals surface area contributed by atoms with E-state index in [-0.39, 0.29) is 0 Å². The Morgan fingerprint density at radius 3 is 2.55 bits per heavy atom. The van der Waals surface area contributed by atoms with Gasteiger partial charge in [0.05, 0.1) is 6.04 Å². The number of carbonyl (C=O) groups is 1. The number of rotatable bonds is 4. The molecule has 3 rings (SSSR count). The fourth-order valence-electron chi connectivity index (χ4n) is 5.82. The largest absolute Gasteiger partial charge is 0.336 e. The van der Waals surface area contributed by atoms with E-state index < -0.39 is 0 Å². The Morgan fingerprint density at radius 1 is 1.27 bits per heavy atom. The molecule has 2 saturated carbocycles. The molecule has 3 fully saturated rings. The van der Waals surface area contributed by atoms with Crippen LogP contribution in [0.25, 0.3) is 0 Å². The van der Waals surface area contributed by atoms with Crippen molar-refractivity contribution in [3.63, 3.8) is 0 Å². The second kappa shape index (κ2) is 5.39. The Kier molecular flexibility index (Phi) is 3.94. The van der Waals surface area contributed by atoms with Gasteiger partial charge >= 0.3 is 0 Å². The molecule has 124 valence electrons. The van der Waals surface area contributed by atoms with Crippen LogP contribution in [-0.2, 0) is 4.79 Å². The Morgan fingerprint density at radius 2 is 2.00 bits per heavy atom. The van der Waals surface area contributed by atoms with Crippen molar-refractivity contribution in [2.45, 2.75) is 78.7 Å². The molecule has 0 aromatic carbocycles. The fraction of sp³-hybridized carbons (Fsp3) is 0.850. The zero-order valence-electron chi connectivity index (χ0n) is 15.0. The summed E-state index contributed by atoms with van der Waals surface area (Å²) in [6.07, 6.45) is 8.19. The zero-order chi connectivity index (χ0) is 16.1. The summed E-state index contributed by atoms with van der Waals surface area (Å²) in [6, 6.07) is 0.318. The number of carbonyl (C=O) groups excluding carboxylic acids is 1. The summed E-state index contributed by atoms with van der Waals surface area (Å²) in [5, 5.41) is 0. The van der Waals surface area contributed by atoms with Gasteiger partial charge in [-0.2, -0.15) is 0 Å². The van der Waals surface area contributed by atoms with Crippen molar-refractivity contribution in [3.8, 4) is 0 Å². The molecule has 3 unspecified atom stereocenters. The summed E-state index contributed by atoms with van der Waals surface area (Å²) >= 11 is 0. The van der Waals surface area contributed by atoms with Gasteiger partial charge in [0.15, 0.2) is 0 Å². The predicted molar refractivity (Wildman–Crippen MR) is 91.5 cm³/mol. The lowest BCUT2D eigenvalue weighted by Gasteiger charge is -2.40. The van der Waals surface area contributed by atoms with Crippen molar-refractivity contribution in [1.29, 1.82) is 0 Å². The average Bonchev–Trinajstić information content (AvgIpc) is 3.09. The van der Waals surface area contributed by atoms with Gasteiger partial charge in [-0.1, -0.05) is 39.8 Å². The highest BCUT2D eigenvalue weighted by Crippen LogP contribution is 2.69. The molecule has 1 aliphatic heterocycles. The van der Waals surface area contributed by atoms with E-state index in [1.54, 1.807) is 0 Å². The van der Waals surface area contributed by atoms with Crippen LogP contribution >= 0.6 is 0 Å². The van der Waals surface area contributed by atoms with Crippen molar-refractivity contribution in [1.82, 2.24) is 4.90 Å². The lowest BCUT2D eigenvalue weighted by atomic mass is 9.65. The summed E-state index contributed by atoms with van der Waals surface area (Å²) in [5.41, 5.74) is 2.28. The van der Waals surface area contributed by atoms with E-state index in [1.165, 1.54) is 24.8 Å². The lowest BCUT2D eigenvalue weighted by Crippen LogP contribution is -2.38. The van der Waals surface area contributed by atoms with Gasteiger partial charge in [0.2, 0.25) is 5.91 Å². The minimum absolute atomic E-state index is 0.308. The van der Waals surface area contributed by atoms with Crippen molar-refractivity contribution in [3.05, 3.63) is 12.2 Å². The molecule has 2 heteroatoms. The third-order valence-electron chi connectivity index (χ3n) is 7.83. The van der Waals surface area contributed by atoms with Gasteiger partial charge in [-0.05, 0) is 61.2 Å². The second-order valence-corrected chi connectivity index (χ2v) is 8.77. The highest BCUT2D eigenvalue weighted by atomic mass is 16.2. The first-order chi connectivity index (χ1) is 10.3. The maximum absolute atomic E-state index is 12.1. The number of fused-ring (bicyclic) bond motifs is 2. The van der Waals surface area contributed by atoms with E-state index in [9.17, 15) is 4.79 Å². The molecule has 0 spiro atoms. The summed E-state index contributed by atoms with van der Waals surface area (Å²) in [4.78, 5) is 14.2. The molecule has 3 aliphatic rings. The summed E-state index contributed by atoms with van der Waals surface area (Å²) in [5.74, 6) is 1.98. The Balaban J connectivity index is 1.69. The standard InChI is InChI=1S/C20H33NO/c1-6-18(22)21-11-7-8-17(21)14(2)12-16-13-15-9-10-20(16,5)19(15,3)4/h15-17H,2,6-13H2,1,3-5H3/t15?,16?,17-,20?/m0/s1. The highest BCUT2D eigenvalue weighted by molar-refractivity contribution is 5.76. The third-order valence-corrected chi connectivity index (χ3v) is 7.83. The summed E-state index contributed by atoms with van der Waals surface area (Å²) < 4.78 is 0. The first-order valence-corrected chi connectivity index (χ1v) is 9.28. The first-order valence-electron chi connectivity index (χ1n) is 9.28. The minimum Gasteiger partial charge on any atom is -0.336 e. The van der Waals surface area contributed by atoms with Crippen LogP contribution in [-0.4, -0.2) is 23.4 Å². The Labute approximate surface area is 136 Å². The number of amides is 1. The molecule has 2 aliphatic carbocycles. The lowest BCUT2D eigenvalue weighted by molar-refractivity contribution is -0.131. The van der Waals surface area contributed by atoms with E-state index in [0.717, 1.165) is 37.6 Å².